The molecule has 0 unspecified atom stereocenters. The van der Waals surface area contributed by atoms with Gasteiger partial charge in [0.15, 0.2) is 0 Å². The van der Waals surface area contributed by atoms with Crippen LogP contribution in [0.4, 0.5) is 0 Å². The zero-order valence-corrected chi connectivity index (χ0v) is 23.2. The lowest BCUT2D eigenvalue weighted by atomic mass is 10.1. The highest BCUT2D eigenvalue weighted by Crippen LogP contribution is 2.24. The van der Waals surface area contributed by atoms with Crippen LogP contribution in [-0.4, -0.2) is 85.9 Å². The van der Waals surface area contributed by atoms with Gasteiger partial charge in [-0.1, -0.05) is 48.5 Å². The Balaban J connectivity index is 1.41. The van der Waals surface area contributed by atoms with Gasteiger partial charge in [-0.15, -0.1) is 0 Å². The van der Waals surface area contributed by atoms with E-state index in [1.54, 1.807) is 41.6 Å². The van der Waals surface area contributed by atoms with Crippen LogP contribution in [0.2, 0.25) is 0 Å². The number of hydrogen-bond acceptors (Lipinski definition) is 7. The van der Waals surface area contributed by atoms with Crippen LogP contribution in [0.1, 0.15) is 11.3 Å². The fourth-order valence-electron chi connectivity index (χ4n) is 4.83. The topological polar surface area (TPSA) is 96.2 Å². The number of morpholine rings is 1. The second-order valence-electron chi connectivity index (χ2n) is 9.75. The van der Waals surface area contributed by atoms with Gasteiger partial charge in [-0.05, 0) is 36.2 Å². The maximum Gasteiger partial charge on any atom is 0.245 e. The molecule has 3 heterocycles. The van der Waals surface area contributed by atoms with Gasteiger partial charge in [-0.3, -0.25) is 14.7 Å². The molecule has 0 aliphatic carbocycles. The Kier molecular flexibility index (Phi) is 9.22. The minimum Gasteiger partial charge on any atom is -0.467 e. The molecule has 0 radical (unpaired) electrons. The molecule has 0 bridgehead atoms. The third kappa shape index (κ3) is 6.95. The third-order valence-corrected chi connectivity index (χ3v) is 8.96. The van der Waals surface area contributed by atoms with E-state index in [0.717, 1.165) is 24.0 Å². The number of carbonyl (C=O) groups is 1. The molecule has 5 rings (SSSR count). The molecule has 2 aromatic carbocycles. The van der Waals surface area contributed by atoms with Crippen molar-refractivity contribution in [3.05, 3.63) is 96.6 Å². The van der Waals surface area contributed by atoms with Crippen LogP contribution in [-0.2, 0) is 32.5 Å². The number of benzene rings is 2. The van der Waals surface area contributed by atoms with Crippen molar-refractivity contribution in [2.75, 3.05) is 52.5 Å². The summed E-state index contributed by atoms with van der Waals surface area (Å²) in [6.45, 7) is 3.72. The summed E-state index contributed by atoms with van der Waals surface area (Å²) in [6.07, 6.45) is 3.79. The zero-order chi connectivity index (χ0) is 27.8. The van der Waals surface area contributed by atoms with E-state index in [4.69, 9.17) is 9.15 Å². The third-order valence-electron chi connectivity index (χ3n) is 7.09. The van der Waals surface area contributed by atoms with Gasteiger partial charge >= 0.3 is 0 Å². The minimum atomic E-state index is -4.04. The summed E-state index contributed by atoms with van der Waals surface area (Å²) in [5.41, 5.74) is 1.49. The average molecular weight is 563 g/mol. The van der Waals surface area contributed by atoms with E-state index < -0.39 is 10.0 Å². The molecular formula is C30H34N4O5S. The molecule has 1 aliphatic heterocycles. The number of ether oxygens (including phenoxy) is 1. The largest absolute Gasteiger partial charge is 0.467 e. The number of rotatable bonds is 12. The van der Waals surface area contributed by atoms with E-state index in [2.05, 4.69) is 9.88 Å². The maximum absolute atomic E-state index is 14.1. The number of carbonyl (C=O) groups excluding carboxylic acids is 1. The molecule has 10 heteroatoms. The molecule has 2 aromatic heterocycles. The zero-order valence-electron chi connectivity index (χ0n) is 22.4. The Bertz CT molecular complexity index is 1480. The molecule has 9 nitrogen and oxygen atoms in total. The lowest BCUT2D eigenvalue weighted by molar-refractivity contribution is -0.132. The van der Waals surface area contributed by atoms with Gasteiger partial charge < -0.3 is 14.1 Å². The SMILES string of the molecule is O=C(CN(CCN1CCOCC1)S(=O)(=O)c1cccc2cccnc12)N(CCc1ccccc1)Cc1ccco1. The van der Waals surface area contributed by atoms with Crippen molar-refractivity contribution in [3.8, 4) is 0 Å². The van der Waals surface area contributed by atoms with Crippen LogP contribution in [0.5, 0.6) is 0 Å². The highest BCUT2D eigenvalue weighted by atomic mass is 32.2. The number of sulfonamides is 1. The van der Waals surface area contributed by atoms with Crippen LogP contribution >= 0.6 is 0 Å². The highest BCUT2D eigenvalue weighted by Gasteiger charge is 2.31. The molecule has 0 spiro atoms. The van der Waals surface area contributed by atoms with E-state index in [1.807, 2.05) is 48.5 Å². The summed E-state index contributed by atoms with van der Waals surface area (Å²) in [5, 5.41) is 0.727. The fourth-order valence-corrected chi connectivity index (χ4v) is 6.37. The molecule has 40 heavy (non-hydrogen) atoms. The number of aromatic nitrogens is 1. The van der Waals surface area contributed by atoms with Gasteiger partial charge in [0.05, 0.1) is 38.1 Å². The van der Waals surface area contributed by atoms with Crippen molar-refractivity contribution in [2.45, 2.75) is 17.9 Å². The summed E-state index contributed by atoms with van der Waals surface area (Å²) < 4.78 is 40.5. The summed E-state index contributed by atoms with van der Waals surface area (Å²) in [5.74, 6) is 0.355. The predicted octanol–water partition coefficient (Wildman–Crippen LogP) is 3.42. The number of amides is 1. The highest BCUT2D eigenvalue weighted by molar-refractivity contribution is 7.89. The van der Waals surface area contributed by atoms with Crippen molar-refractivity contribution in [1.82, 2.24) is 19.1 Å². The van der Waals surface area contributed by atoms with Crippen LogP contribution < -0.4 is 0 Å². The lowest BCUT2D eigenvalue weighted by Crippen LogP contribution is -2.47. The number of nitrogens with zero attached hydrogens (tertiary/aromatic N) is 4. The van der Waals surface area contributed by atoms with E-state index in [0.29, 0.717) is 44.0 Å². The van der Waals surface area contributed by atoms with Crippen LogP contribution in [0.15, 0.2) is 94.6 Å². The molecular weight excluding hydrogens is 528 g/mol. The molecule has 0 atom stereocenters. The van der Waals surface area contributed by atoms with Crippen molar-refractivity contribution in [3.63, 3.8) is 0 Å². The van der Waals surface area contributed by atoms with Gasteiger partial charge in [0, 0.05) is 44.3 Å². The van der Waals surface area contributed by atoms with Gasteiger partial charge in [0.25, 0.3) is 0 Å². The Morgan fingerprint density at radius 2 is 1.73 bits per heavy atom. The van der Waals surface area contributed by atoms with Crippen molar-refractivity contribution in [1.29, 1.82) is 0 Å². The summed E-state index contributed by atoms with van der Waals surface area (Å²) in [7, 11) is -4.04. The quantitative estimate of drug-likeness (QED) is 0.261. The second-order valence-corrected chi connectivity index (χ2v) is 11.7. The van der Waals surface area contributed by atoms with E-state index >= 15 is 0 Å². The lowest BCUT2D eigenvalue weighted by Gasteiger charge is -2.31. The molecule has 0 N–H and O–H groups in total. The summed E-state index contributed by atoms with van der Waals surface area (Å²) in [6, 6.07) is 22.2. The van der Waals surface area contributed by atoms with E-state index in [1.165, 1.54) is 4.31 Å². The molecule has 1 amide bonds. The Hall–Kier alpha value is -3.57. The predicted molar refractivity (Wildman–Crippen MR) is 152 cm³/mol. The van der Waals surface area contributed by atoms with Gasteiger partial charge in [0.2, 0.25) is 15.9 Å². The first-order valence-electron chi connectivity index (χ1n) is 13.5. The maximum atomic E-state index is 14.1. The average Bonchev–Trinajstić information content (AvgIpc) is 3.51. The van der Waals surface area contributed by atoms with Crippen molar-refractivity contribution >= 4 is 26.8 Å². The number of pyridine rings is 1. The van der Waals surface area contributed by atoms with Crippen LogP contribution in [0.3, 0.4) is 0 Å². The van der Waals surface area contributed by atoms with E-state index in [-0.39, 0.29) is 30.4 Å². The molecule has 210 valence electrons. The normalized spacial score (nSPS) is 14.5. The first-order chi connectivity index (χ1) is 19.5. The van der Waals surface area contributed by atoms with Gasteiger partial charge in [0.1, 0.15) is 10.7 Å². The summed E-state index contributed by atoms with van der Waals surface area (Å²) >= 11 is 0. The molecule has 1 fully saturated rings. The van der Waals surface area contributed by atoms with Crippen molar-refractivity contribution in [2.24, 2.45) is 0 Å². The van der Waals surface area contributed by atoms with Crippen molar-refractivity contribution < 1.29 is 22.4 Å². The van der Waals surface area contributed by atoms with Gasteiger partial charge in [-0.2, -0.15) is 4.31 Å². The molecule has 4 aromatic rings. The molecule has 0 saturated carbocycles. The van der Waals surface area contributed by atoms with Gasteiger partial charge in [-0.25, -0.2) is 8.42 Å². The minimum absolute atomic E-state index is 0.0993. The monoisotopic (exact) mass is 562 g/mol. The van der Waals surface area contributed by atoms with Crippen LogP contribution in [0.25, 0.3) is 10.9 Å². The first-order valence-corrected chi connectivity index (χ1v) is 14.9. The molecule has 1 aliphatic rings. The fraction of sp³-hybridized carbons (Fsp3) is 0.333. The first kappa shape index (κ1) is 28.0. The number of para-hydroxylation sites is 1. The Morgan fingerprint density at radius 3 is 2.50 bits per heavy atom. The second kappa shape index (κ2) is 13.2. The number of fused-ring (bicyclic) bond motifs is 1. The standard InChI is InChI=1S/C30H34N4O5S/c35-29(33(23-27-11-6-20-39-27)15-13-25-7-2-1-3-8-25)24-34(17-16-32-18-21-38-22-19-32)40(36,37)28-12-4-9-26-10-5-14-31-30(26)28/h1-12,14,20H,13,15-19,21-24H2. The Labute approximate surface area is 235 Å². The van der Waals surface area contributed by atoms with E-state index in [9.17, 15) is 13.2 Å². The number of furan rings is 1. The Morgan fingerprint density at radius 1 is 0.925 bits per heavy atom. The molecule has 1 saturated heterocycles. The smallest absolute Gasteiger partial charge is 0.245 e. The summed E-state index contributed by atoms with van der Waals surface area (Å²) in [4.78, 5) is 22.1. The van der Waals surface area contributed by atoms with Crippen LogP contribution in [0, 0.1) is 0 Å². The number of hydrogen-bond donors (Lipinski definition) is 0.